The van der Waals surface area contributed by atoms with Gasteiger partial charge < -0.3 is 10.1 Å². The maximum absolute atomic E-state index is 11.6. The SMILES string of the molecule is CCOC(=O)c1cnc2c(NC)cc(Cl)nn12. The van der Waals surface area contributed by atoms with Gasteiger partial charge in [-0.05, 0) is 6.92 Å². The van der Waals surface area contributed by atoms with Crippen molar-refractivity contribution in [2.24, 2.45) is 0 Å². The molecule has 7 heteroatoms. The highest BCUT2D eigenvalue weighted by Crippen LogP contribution is 2.19. The smallest absolute Gasteiger partial charge is 0.358 e. The van der Waals surface area contributed by atoms with Gasteiger partial charge in [0.1, 0.15) is 0 Å². The summed E-state index contributed by atoms with van der Waals surface area (Å²) in [7, 11) is 1.74. The monoisotopic (exact) mass is 254 g/mol. The van der Waals surface area contributed by atoms with Gasteiger partial charge in [-0.15, -0.1) is 0 Å². The van der Waals surface area contributed by atoms with E-state index in [1.165, 1.54) is 10.7 Å². The Morgan fingerprint density at radius 3 is 3.06 bits per heavy atom. The van der Waals surface area contributed by atoms with Crippen LogP contribution in [0.4, 0.5) is 5.69 Å². The molecular weight excluding hydrogens is 244 g/mol. The number of aromatic nitrogens is 3. The predicted molar refractivity (Wildman–Crippen MR) is 63.5 cm³/mol. The molecule has 2 aromatic heterocycles. The first-order chi connectivity index (χ1) is 8.17. The molecule has 0 radical (unpaired) electrons. The van der Waals surface area contributed by atoms with Gasteiger partial charge in [-0.3, -0.25) is 0 Å². The molecule has 0 saturated heterocycles. The average Bonchev–Trinajstić information content (AvgIpc) is 2.71. The van der Waals surface area contributed by atoms with Crippen molar-refractivity contribution in [1.29, 1.82) is 0 Å². The number of fused-ring (bicyclic) bond motifs is 1. The first-order valence-electron chi connectivity index (χ1n) is 5.06. The van der Waals surface area contributed by atoms with Gasteiger partial charge in [-0.1, -0.05) is 11.6 Å². The summed E-state index contributed by atoms with van der Waals surface area (Å²) in [4.78, 5) is 15.8. The fourth-order valence-electron chi connectivity index (χ4n) is 1.47. The van der Waals surface area contributed by atoms with E-state index in [0.717, 1.165) is 0 Å². The number of ether oxygens (including phenoxy) is 1. The summed E-state index contributed by atoms with van der Waals surface area (Å²) in [6, 6.07) is 1.64. The molecule has 6 nitrogen and oxygen atoms in total. The van der Waals surface area contributed by atoms with Crippen molar-refractivity contribution in [1.82, 2.24) is 14.6 Å². The molecule has 2 aromatic rings. The molecule has 0 amide bonds. The molecule has 0 atom stereocenters. The van der Waals surface area contributed by atoms with Gasteiger partial charge in [0.25, 0.3) is 0 Å². The molecule has 2 rings (SSSR count). The third kappa shape index (κ3) is 2.03. The first-order valence-corrected chi connectivity index (χ1v) is 5.44. The zero-order chi connectivity index (χ0) is 12.4. The Kier molecular flexibility index (Phi) is 3.14. The van der Waals surface area contributed by atoms with E-state index in [1.807, 2.05) is 0 Å². The molecule has 90 valence electrons. The third-order valence-electron chi connectivity index (χ3n) is 2.19. The number of hydrogen-bond donors (Lipinski definition) is 1. The summed E-state index contributed by atoms with van der Waals surface area (Å²) < 4.78 is 6.27. The molecule has 0 aliphatic heterocycles. The van der Waals surface area contributed by atoms with E-state index in [0.29, 0.717) is 17.9 Å². The second-order valence-corrected chi connectivity index (χ2v) is 3.62. The highest BCUT2D eigenvalue weighted by molar-refractivity contribution is 6.29. The molecule has 0 bridgehead atoms. The van der Waals surface area contributed by atoms with Crippen LogP contribution in [0.3, 0.4) is 0 Å². The number of halogens is 1. The van der Waals surface area contributed by atoms with Crippen LogP contribution >= 0.6 is 11.6 Å². The lowest BCUT2D eigenvalue weighted by molar-refractivity contribution is 0.0517. The van der Waals surface area contributed by atoms with Gasteiger partial charge in [0.15, 0.2) is 16.5 Å². The van der Waals surface area contributed by atoms with Gasteiger partial charge in [0.2, 0.25) is 0 Å². The lowest BCUT2D eigenvalue weighted by atomic mass is 10.4. The summed E-state index contributed by atoms with van der Waals surface area (Å²) in [5.41, 5.74) is 1.47. The van der Waals surface area contributed by atoms with Crippen LogP contribution in [-0.4, -0.2) is 34.2 Å². The number of rotatable bonds is 3. The van der Waals surface area contributed by atoms with Crippen LogP contribution in [0.2, 0.25) is 5.15 Å². The minimum atomic E-state index is -0.475. The van der Waals surface area contributed by atoms with Crippen LogP contribution in [-0.2, 0) is 4.74 Å². The van der Waals surface area contributed by atoms with Crippen LogP contribution in [0.5, 0.6) is 0 Å². The lowest BCUT2D eigenvalue weighted by Crippen LogP contribution is -2.10. The van der Waals surface area contributed by atoms with Crippen LogP contribution in [0.15, 0.2) is 12.3 Å². The fourth-order valence-corrected chi connectivity index (χ4v) is 1.65. The molecule has 0 aliphatic rings. The highest BCUT2D eigenvalue weighted by Gasteiger charge is 2.16. The lowest BCUT2D eigenvalue weighted by Gasteiger charge is -2.04. The van der Waals surface area contributed by atoms with Gasteiger partial charge in [0, 0.05) is 13.1 Å². The molecule has 17 heavy (non-hydrogen) atoms. The molecule has 0 spiro atoms. The Balaban J connectivity index is 2.60. The summed E-state index contributed by atoms with van der Waals surface area (Å²) in [5, 5.41) is 7.23. The molecular formula is C10H11ClN4O2. The maximum Gasteiger partial charge on any atom is 0.358 e. The number of carbonyl (C=O) groups excluding carboxylic acids is 1. The minimum Gasteiger partial charge on any atom is -0.461 e. The maximum atomic E-state index is 11.6. The fraction of sp³-hybridized carbons (Fsp3) is 0.300. The van der Waals surface area contributed by atoms with Crippen molar-refractivity contribution in [3.63, 3.8) is 0 Å². The Morgan fingerprint density at radius 2 is 2.41 bits per heavy atom. The number of anilines is 1. The zero-order valence-corrected chi connectivity index (χ0v) is 10.2. The standard InChI is InChI=1S/C10H11ClN4O2/c1-3-17-10(16)7-5-13-9-6(12-2)4-8(11)14-15(7)9/h4-5,12H,3H2,1-2H3. The molecule has 0 unspecified atom stereocenters. The normalized spacial score (nSPS) is 10.5. The number of imidazole rings is 1. The van der Waals surface area contributed by atoms with Gasteiger partial charge in [0.05, 0.1) is 18.5 Å². The van der Waals surface area contributed by atoms with Crippen LogP contribution in [0.25, 0.3) is 5.65 Å². The predicted octanol–water partition coefficient (Wildman–Crippen LogP) is 1.60. The minimum absolute atomic E-state index is 0.251. The molecule has 2 heterocycles. The van der Waals surface area contributed by atoms with E-state index in [2.05, 4.69) is 15.4 Å². The quantitative estimate of drug-likeness (QED) is 0.843. The number of nitrogens with zero attached hydrogens (tertiary/aromatic N) is 3. The van der Waals surface area contributed by atoms with Crippen LogP contribution in [0, 0.1) is 0 Å². The van der Waals surface area contributed by atoms with E-state index in [1.54, 1.807) is 20.0 Å². The second kappa shape index (κ2) is 4.58. The molecule has 1 N–H and O–H groups in total. The Morgan fingerprint density at radius 1 is 1.65 bits per heavy atom. The summed E-state index contributed by atoms with van der Waals surface area (Å²) in [5.74, 6) is -0.475. The van der Waals surface area contributed by atoms with E-state index in [9.17, 15) is 4.79 Å². The molecule has 0 saturated carbocycles. The van der Waals surface area contributed by atoms with Crippen molar-refractivity contribution in [2.45, 2.75) is 6.92 Å². The summed E-state index contributed by atoms with van der Waals surface area (Å²) >= 11 is 5.86. The van der Waals surface area contributed by atoms with Crippen molar-refractivity contribution in [3.05, 3.63) is 23.1 Å². The van der Waals surface area contributed by atoms with E-state index in [-0.39, 0.29) is 10.8 Å². The number of esters is 1. The third-order valence-corrected chi connectivity index (χ3v) is 2.38. The van der Waals surface area contributed by atoms with E-state index in [4.69, 9.17) is 16.3 Å². The van der Waals surface area contributed by atoms with Crippen molar-refractivity contribution in [3.8, 4) is 0 Å². The Hall–Kier alpha value is -1.82. The van der Waals surface area contributed by atoms with Gasteiger partial charge >= 0.3 is 5.97 Å². The van der Waals surface area contributed by atoms with Crippen LogP contribution < -0.4 is 5.32 Å². The van der Waals surface area contributed by atoms with E-state index >= 15 is 0 Å². The average molecular weight is 255 g/mol. The number of nitrogens with one attached hydrogen (secondary N) is 1. The topological polar surface area (TPSA) is 68.5 Å². The van der Waals surface area contributed by atoms with Crippen LogP contribution in [0.1, 0.15) is 17.4 Å². The zero-order valence-electron chi connectivity index (χ0n) is 9.40. The van der Waals surface area contributed by atoms with Gasteiger partial charge in [-0.25, -0.2) is 14.3 Å². The number of carbonyl (C=O) groups is 1. The van der Waals surface area contributed by atoms with Crippen molar-refractivity contribution < 1.29 is 9.53 Å². The first kappa shape index (κ1) is 11.7. The second-order valence-electron chi connectivity index (χ2n) is 3.23. The summed E-state index contributed by atoms with van der Waals surface area (Å²) in [6.45, 7) is 2.03. The number of hydrogen-bond acceptors (Lipinski definition) is 5. The molecule has 0 aliphatic carbocycles. The molecule has 0 aromatic carbocycles. The van der Waals surface area contributed by atoms with Crippen molar-refractivity contribution >= 4 is 28.9 Å². The van der Waals surface area contributed by atoms with Crippen molar-refractivity contribution in [2.75, 3.05) is 19.0 Å². The van der Waals surface area contributed by atoms with E-state index < -0.39 is 5.97 Å². The Bertz CT molecular complexity index is 567. The Labute approximate surface area is 103 Å². The molecule has 0 fully saturated rings. The highest BCUT2D eigenvalue weighted by atomic mass is 35.5. The van der Waals surface area contributed by atoms with Gasteiger partial charge in [-0.2, -0.15) is 5.10 Å². The largest absolute Gasteiger partial charge is 0.461 e. The summed E-state index contributed by atoms with van der Waals surface area (Å²) in [6.07, 6.45) is 1.41.